The molecule has 0 fully saturated rings. The maximum Gasteiger partial charge on any atom is 0.142 e. The Hall–Kier alpha value is -1.19. The zero-order valence-electron chi connectivity index (χ0n) is 11.3. The first-order valence-electron chi connectivity index (χ1n) is 6.23. The van der Waals surface area contributed by atoms with Crippen LogP contribution >= 0.6 is 15.9 Å². The highest BCUT2D eigenvalue weighted by Gasteiger charge is 2.19. The number of benzene rings is 2. The lowest BCUT2D eigenvalue weighted by Gasteiger charge is -2.20. The summed E-state index contributed by atoms with van der Waals surface area (Å²) in [5.74, 6) is -0.207. The van der Waals surface area contributed by atoms with Gasteiger partial charge < -0.3 is 5.32 Å². The van der Waals surface area contributed by atoms with E-state index in [1.54, 1.807) is 6.07 Å². The third-order valence-corrected chi connectivity index (χ3v) is 3.93. The Kier molecular flexibility index (Phi) is 4.38. The van der Waals surface area contributed by atoms with Crippen molar-refractivity contribution in [1.29, 1.82) is 0 Å². The maximum absolute atomic E-state index is 14.2. The lowest BCUT2D eigenvalue weighted by atomic mass is 9.93. The molecule has 0 saturated heterocycles. The second-order valence-electron chi connectivity index (χ2n) is 4.72. The van der Waals surface area contributed by atoms with Gasteiger partial charge in [-0.1, -0.05) is 35.9 Å². The van der Waals surface area contributed by atoms with Crippen molar-refractivity contribution < 1.29 is 4.39 Å². The predicted molar refractivity (Wildman–Crippen MR) is 80.9 cm³/mol. The van der Waals surface area contributed by atoms with E-state index in [9.17, 15) is 4.39 Å². The van der Waals surface area contributed by atoms with Crippen LogP contribution in [0.15, 0.2) is 40.9 Å². The fourth-order valence-corrected chi connectivity index (χ4v) is 2.75. The Morgan fingerprint density at radius 3 is 2.47 bits per heavy atom. The van der Waals surface area contributed by atoms with Gasteiger partial charge in [0.15, 0.2) is 0 Å². The van der Waals surface area contributed by atoms with Crippen LogP contribution in [0.4, 0.5) is 4.39 Å². The Bertz CT molecular complexity index is 595. The van der Waals surface area contributed by atoms with Crippen molar-refractivity contribution in [2.45, 2.75) is 19.9 Å². The van der Waals surface area contributed by atoms with Crippen molar-refractivity contribution in [3.05, 3.63) is 68.9 Å². The smallest absolute Gasteiger partial charge is 0.142 e. The number of hydrogen-bond donors (Lipinski definition) is 1. The fraction of sp³-hybridized carbons (Fsp3) is 0.250. The molecule has 2 rings (SSSR count). The SMILES string of the molecule is CNC(c1ccc(C)cc1C)c1cccc(Br)c1F. The molecule has 2 aromatic carbocycles. The molecule has 0 radical (unpaired) electrons. The van der Waals surface area contributed by atoms with Crippen molar-refractivity contribution in [3.8, 4) is 0 Å². The second kappa shape index (κ2) is 5.85. The minimum Gasteiger partial charge on any atom is -0.309 e. The van der Waals surface area contributed by atoms with Gasteiger partial charge in [0.05, 0.1) is 10.5 Å². The van der Waals surface area contributed by atoms with Crippen LogP contribution in [-0.2, 0) is 0 Å². The highest BCUT2D eigenvalue weighted by Crippen LogP contribution is 2.30. The van der Waals surface area contributed by atoms with Crippen LogP contribution in [0.5, 0.6) is 0 Å². The van der Waals surface area contributed by atoms with E-state index in [0.29, 0.717) is 10.0 Å². The van der Waals surface area contributed by atoms with Crippen LogP contribution in [-0.4, -0.2) is 7.05 Å². The van der Waals surface area contributed by atoms with Gasteiger partial charge in [0.1, 0.15) is 5.82 Å². The van der Waals surface area contributed by atoms with Crippen LogP contribution < -0.4 is 5.32 Å². The van der Waals surface area contributed by atoms with Gasteiger partial charge in [0.2, 0.25) is 0 Å². The first-order chi connectivity index (χ1) is 9.04. The molecule has 1 atom stereocenters. The van der Waals surface area contributed by atoms with Gasteiger partial charge in [0, 0.05) is 5.56 Å². The van der Waals surface area contributed by atoms with E-state index in [-0.39, 0.29) is 11.9 Å². The number of nitrogens with one attached hydrogen (secondary N) is 1. The van der Waals surface area contributed by atoms with Crippen molar-refractivity contribution in [3.63, 3.8) is 0 Å². The van der Waals surface area contributed by atoms with Gasteiger partial charge in [-0.3, -0.25) is 0 Å². The van der Waals surface area contributed by atoms with Gasteiger partial charge >= 0.3 is 0 Å². The molecular weight excluding hydrogens is 305 g/mol. The van der Waals surface area contributed by atoms with Crippen molar-refractivity contribution in [2.75, 3.05) is 7.05 Å². The Morgan fingerprint density at radius 1 is 1.11 bits per heavy atom. The Labute approximate surface area is 122 Å². The third kappa shape index (κ3) is 2.88. The molecule has 3 heteroatoms. The Balaban J connectivity index is 2.53. The first kappa shape index (κ1) is 14.2. The lowest BCUT2D eigenvalue weighted by Crippen LogP contribution is -2.20. The number of hydrogen-bond acceptors (Lipinski definition) is 1. The summed E-state index contributed by atoms with van der Waals surface area (Å²) in [7, 11) is 1.85. The number of halogens is 2. The molecule has 0 bridgehead atoms. The van der Waals surface area contributed by atoms with Crippen molar-refractivity contribution in [1.82, 2.24) is 5.32 Å². The molecule has 0 saturated carbocycles. The summed E-state index contributed by atoms with van der Waals surface area (Å²) in [6, 6.07) is 11.5. The molecule has 1 unspecified atom stereocenters. The standard InChI is InChI=1S/C16H17BrFN/c1-10-7-8-12(11(2)9-10)16(19-3)13-5-4-6-14(17)15(13)18/h4-9,16,19H,1-3H3. The molecule has 0 aliphatic heterocycles. The van der Waals surface area contributed by atoms with Crippen LogP contribution in [0, 0.1) is 19.7 Å². The average molecular weight is 322 g/mol. The van der Waals surface area contributed by atoms with Gasteiger partial charge in [-0.2, -0.15) is 0 Å². The Morgan fingerprint density at radius 2 is 1.84 bits per heavy atom. The molecule has 0 aliphatic carbocycles. The maximum atomic E-state index is 14.2. The molecule has 0 aliphatic rings. The van der Waals surface area contributed by atoms with Gasteiger partial charge in [-0.25, -0.2) is 4.39 Å². The molecule has 0 aromatic heterocycles. The zero-order chi connectivity index (χ0) is 14.0. The third-order valence-electron chi connectivity index (χ3n) is 3.32. The van der Waals surface area contributed by atoms with Crippen LogP contribution in [0.1, 0.15) is 28.3 Å². The normalized spacial score (nSPS) is 12.5. The fourth-order valence-electron chi connectivity index (χ4n) is 2.37. The average Bonchev–Trinajstić information content (AvgIpc) is 2.37. The molecule has 2 aromatic rings. The minimum absolute atomic E-state index is 0.141. The molecule has 100 valence electrons. The van der Waals surface area contributed by atoms with E-state index in [2.05, 4.69) is 53.3 Å². The molecule has 0 heterocycles. The molecule has 19 heavy (non-hydrogen) atoms. The summed E-state index contributed by atoms with van der Waals surface area (Å²) in [5, 5.41) is 3.20. The van der Waals surface area contributed by atoms with Crippen molar-refractivity contribution in [2.24, 2.45) is 0 Å². The van der Waals surface area contributed by atoms with E-state index in [1.165, 1.54) is 11.1 Å². The van der Waals surface area contributed by atoms with E-state index in [0.717, 1.165) is 5.56 Å². The first-order valence-corrected chi connectivity index (χ1v) is 7.02. The van der Waals surface area contributed by atoms with E-state index in [4.69, 9.17) is 0 Å². The molecule has 1 N–H and O–H groups in total. The van der Waals surface area contributed by atoms with Gasteiger partial charge in [-0.15, -0.1) is 0 Å². The summed E-state index contributed by atoms with van der Waals surface area (Å²) in [5.41, 5.74) is 4.14. The zero-order valence-corrected chi connectivity index (χ0v) is 12.9. The van der Waals surface area contributed by atoms with Gasteiger partial charge in [0.25, 0.3) is 0 Å². The summed E-state index contributed by atoms with van der Waals surface area (Å²) >= 11 is 3.24. The molecule has 1 nitrogen and oxygen atoms in total. The lowest BCUT2D eigenvalue weighted by molar-refractivity contribution is 0.570. The molecule has 0 spiro atoms. The summed E-state index contributed by atoms with van der Waals surface area (Å²) in [6.07, 6.45) is 0. The number of aryl methyl sites for hydroxylation is 2. The predicted octanol–water partition coefficient (Wildman–Crippen LogP) is 4.51. The molecule has 0 amide bonds. The van der Waals surface area contributed by atoms with Crippen LogP contribution in [0.25, 0.3) is 0 Å². The summed E-state index contributed by atoms with van der Waals surface area (Å²) in [4.78, 5) is 0. The molecular formula is C16H17BrFN. The quantitative estimate of drug-likeness (QED) is 0.876. The summed E-state index contributed by atoms with van der Waals surface area (Å²) < 4.78 is 14.7. The highest BCUT2D eigenvalue weighted by molar-refractivity contribution is 9.10. The van der Waals surface area contributed by atoms with E-state index < -0.39 is 0 Å². The monoisotopic (exact) mass is 321 g/mol. The topological polar surface area (TPSA) is 12.0 Å². The largest absolute Gasteiger partial charge is 0.309 e. The highest BCUT2D eigenvalue weighted by atomic mass is 79.9. The van der Waals surface area contributed by atoms with Gasteiger partial charge in [-0.05, 0) is 54.0 Å². The van der Waals surface area contributed by atoms with Crippen LogP contribution in [0.3, 0.4) is 0 Å². The van der Waals surface area contributed by atoms with E-state index >= 15 is 0 Å². The van der Waals surface area contributed by atoms with E-state index in [1.807, 2.05) is 19.2 Å². The number of rotatable bonds is 3. The van der Waals surface area contributed by atoms with Crippen LogP contribution in [0.2, 0.25) is 0 Å². The van der Waals surface area contributed by atoms with Crippen molar-refractivity contribution >= 4 is 15.9 Å². The summed E-state index contributed by atoms with van der Waals surface area (Å²) in [6.45, 7) is 4.12. The second-order valence-corrected chi connectivity index (χ2v) is 5.58. The minimum atomic E-state index is -0.207.